The fourth-order valence-corrected chi connectivity index (χ4v) is 2.60. The molecule has 1 atom stereocenters. The van der Waals surface area contributed by atoms with Crippen LogP contribution in [0.25, 0.3) is 0 Å². The van der Waals surface area contributed by atoms with Gasteiger partial charge in [0, 0.05) is 11.3 Å². The van der Waals surface area contributed by atoms with E-state index in [1.165, 1.54) is 48.4 Å². The lowest BCUT2D eigenvalue weighted by Gasteiger charge is -2.20. The molecular formula is C16H11FN2O3. The number of nitriles is 1. The van der Waals surface area contributed by atoms with Crippen LogP contribution in [-0.4, -0.2) is 18.1 Å². The second kappa shape index (κ2) is 5.04. The van der Waals surface area contributed by atoms with Crippen LogP contribution in [0.2, 0.25) is 0 Å². The number of hydrogen-bond donors (Lipinski definition) is 1. The molecule has 1 unspecified atom stereocenters. The van der Waals surface area contributed by atoms with Gasteiger partial charge in [0.15, 0.2) is 6.04 Å². The second-order valence-electron chi connectivity index (χ2n) is 4.76. The maximum Gasteiger partial charge on any atom is 0.263 e. The van der Waals surface area contributed by atoms with Crippen molar-refractivity contribution in [2.24, 2.45) is 0 Å². The van der Waals surface area contributed by atoms with Gasteiger partial charge in [-0.05, 0) is 36.4 Å². The van der Waals surface area contributed by atoms with E-state index in [0.29, 0.717) is 5.69 Å². The Balaban J connectivity index is 2.20. The van der Waals surface area contributed by atoms with E-state index in [-0.39, 0.29) is 22.6 Å². The Kier molecular flexibility index (Phi) is 3.18. The molecule has 22 heavy (non-hydrogen) atoms. The van der Waals surface area contributed by atoms with Crippen LogP contribution in [-0.2, 0) is 0 Å². The number of fused-ring (bicyclic) bond motifs is 1. The van der Waals surface area contributed by atoms with E-state index in [4.69, 9.17) is 4.74 Å². The highest BCUT2D eigenvalue weighted by Gasteiger charge is 2.42. The average molecular weight is 298 g/mol. The molecule has 0 spiro atoms. The first-order valence-electron chi connectivity index (χ1n) is 6.47. The molecule has 0 saturated heterocycles. The third-order valence-corrected chi connectivity index (χ3v) is 3.59. The molecule has 0 bridgehead atoms. The minimum atomic E-state index is -1.08. The number of nitrogens with zero attached hydrogens (tertiary/aromatic N) is 2. The van der Waals surface area contributed by atoms with Crippen LogP contribution in [0.1, 0.15) is 22.0 Å². The van der Waals surface area contributed by atoms with Gasteiger partial charge in [0.1, 0.15) is 17.3 Å². The van der Waals surface area contributed by atoms with Crippen molar-refractivity contribution in [1.29, 1.82) is 5.26 Å². The van der Waals surface area contributed by atoms with E-state index in [2.05, 4.69) is 0 Å². The standard InChI is InChI=1S/C16H11FN2O3/c1-22-13-7-6-11(17)14-12(8-18)19(16(21)15(13)14)9-2-4-10(20)5-3-9/h2-7,12,20H,1H3. The molecule has 3 rings (SSSR count). The third kappa shape index (κ3) is 1.87. The smallest absolute Gasteiger partial charge is 0.263 e. The Labute approximate surface area is 125 Å². The van der Waals surface area contributed by atoms with E-state index in [0.717, 1.165) is 0 Å². The van der Waals surface area contributed by atoms with Gasteiger partial charge in [-0.1, -0.05) is 0 Å². The molecule has 2 aromatic rings. The lowest BCUT2D eigenvalue weighted by molar-refractivity contribution is 0.0992. The fourth-order valence-electron chi connectivity index (χ4n) is 2.60. The monoisotopic (exact) mass is 298 g/mol. The van der Waals surface area contributed by atoms with Crippen LogP contribution < -0.4 is 9.64 Å². The van der Waals surface area contributed by atoms with Crippen molar-refractivity contribution in [1.82, 2.24) is 0 Å². The van der Waals surface area contributed by atoms with Gasteiger partial charge in [0.25, 0.3) is 5.91 Å². The predicted molar refractivity (Wildman–Crippen MR) is 76.2 cm³/mol. The average Bonchev–Trinajstić information content (AvgIpc) is 2.83. The first kappa shape index (κ1) is 13.9. The van der Waals surface area contributed by atoms with Crippen LogP contribution in [0.5, 0.6) is 11.5 Å². The van der Waals surface area contributed by atoms with Crippen molar-refractivity contribution in [2.75, 3.05) is 12.0 Å². The summed E-state index contributed by atoms with van der Waals surface area (Å²) in [5.74, 6) is -0.881. The second-order valence-corrected chi connectivity index (χ2v) is 4.76. The highest BCUT2D eigenvalue weighted by Crippen LogP contribution is 2.42. The first-order chi connectivity index (χ1) is 10.6. The SMILES string of the molecule is COc1ccc(F)c2c1C(=O)N(c1ccc(O)cc1)C2C#N. The molecule has 1 aliphatic heterocycles. The Morgan fingerprint density at radius 1 is 1.27 bits per heavy atom. The summed E-state index contributed by atoms with van der Waals surface area (Å²) >= 11 is 0. The summed E-state index contributed by atoms with van der Waals surface area (Å²) in [6.07, 6.45) is 0. The fraction of sp³-hybridized carbons (Fsp3) is 0.125. The van der Waals surface area contributed by atoms with Crippen molar-refractivity contribution in [3.8, 4) is 17.6 Å². The number of rotatable bonds is 2. The number of ether oxygens (including phenoxy) is 1. The molecule has 2 aromatic carbocycles. The van der Waals surface area contributed by atoms with E-state index in [9.17, 15) is 19.6 Å². The quantitative estimate of drug-likeness (QED) is 0.925. The number of hydrogen-bond acceptors (Lipinski definition) is 4. The number of aromatic hydroxyl groups is 1. The highest BCUT2D eigenvalue weighted by molar-refractivity contribution is 6.13. The largest absolute Gasteiger partial charge is 0.508 e. The Morgan fingerprint density at radius 3 is 2.55 bits per heavy atom. The highest BCUT2D eigenvalue weighted by atomic mass is 19.1. The van der Waals surface area contributed by atoms with Crippen molar-refractivity contribution in [2.45, 2.75) is 6.04 Å². The Morgan fingerprint density at radius 2 is 1.95 bits per heavy atom. The number of carbonyl (C=O) groups excluding carboxylic acids is 1. The molecule has 0 fully saturated rings. The third-order valence-electron chi connectivity index (χ3n) is 3.59. The van der Waals surface area contributed by atoms with Crippen LogP contribution >= 0.6 is 0 Å². The summed E-state index contributed by atoms with van der Waals surface area (Å²) in [6, 6.07) is 9.19. The van der Waals surface area contributed by atoms with Crippen LogP contribution in [0.15, 0.2) is 36.4 Å². The van der Waals surface area contributed by atoms with Crippen molar-refractivity contribution in [3.63, 3.8) is 0 Å². The van der Waals surface area contributed by atoms with E-state index in [1.807, 2.05) is 6.07 Å². The maximum absolute atomic E-state index is 14.1. The molecule has 1 heterocycles. The maximum atomic E-state index is 14.1. The molecule has 0 radical (unpaired) electrons. The number of phenols is 1. The minimum absolute atomic E-state index is 0.0138. The summed E-state index contributed by atoms with van der Waals surface area (Å²) in [5, 5.41) is 18.7. The predicted octanol–water partition coefficient (Wildman–Crippen LogP) is 2.76. The van der Waals surface area contributed by atoms with Crippen molar-refractivity contribution >= 4 is 11.6 Å². The normalized spacial score (nSPS) is 16.3. The first-order valence-corrected chi connectivity index (χ1v) is 6.47. The van der Waals surface area contributed by atoms with Crippen LogP contribution in [0.3, 0.4) is 0 Å². The molecule has 110 valence electrons. The van der Waals surface area contributed by atoms with E-state index >= 15 is 0 Å². The molecule has 1 aliphatic rings. The van der Waals surface area contributed by atoms with Gasteiger partial charge in [0.2, 0.25) is 0 Å². The number of carbonyl (C=O) groups is 1. The molecule has 0 saturated carbocycles. The number of amides is 1. The summed E-state index contributed by atoms with van der Waals surface area (Å²) in [7, 11) is 1.38. The summed E-state index contributed by atoms with van der Waals surface area (Å²) in [5.41, 5.74) is 0.467. The summed E-state index contributed by atoms with van der Waals surface area (Å²) < 4.78 is 19.3. The van der Waals surface area contributed by atoms with Crippen LogP contribution in [0, 0.1) is 17.1 Å². The zero-order valence-electron chi connectivity index (χ0n) is 11.6. The van der Waals surface area contributed by atoms with Crippen molar-refractivity contribution in [3.05, 3.63) is 53.3 Å². The molecule has 6 heteroatoms. The number of methoxy groups -OCH3 is 1. The van der Waals surface area contributed by atoms with Gasteiger partial charge in [-0.2, -0.15) is 5.26 Å². The van der Waals surface area contributed by atoms with Gasteiger partial charge in [0.05, 0.1) is 18.7 Å². The molecule has 1 amide bonds. The molecule has 5 nitrogen and oxygen atoms in total. The van der Waals surface area contributed by atoms with Gasteiger partial charge < -0.3 is 9.84 Å². The summed E-state index contributed by atoms with van der Waals surface area (Å²) in [6.45, 7) is 0. The number of phenolic OH excluding ortho intramolecular Hbond substituents is 1. The molecule has 0 aliphatic carbocycles. The van der Waals surface area contributed by atoms with Crippen LogP contribution in [0.4, 0.5) is 10.1 Å². The lowest BCUT2D eigenvalue weighted by Crippen LogP contribution is -2.27. The molecule has 1 N–H and O–H groups in total. The number of halogens is 1. The zero-order valence-corrected chi connectivity index (χ0v) is 11.6. The number of benzene rings is 2. The van der Waals surface area contributed by atoms with Crippen molar-refractivity contribution < 1.29 is 19.0 Å². The summed E-state index contributed by atoms with van der Waals surface area (Å²) in [4.78, 5) is 13.8. The van der Waals surface area contributed by atoms with Gasteiger partial charge in [-0.3, -0.25) is 9.69 Å². The van der Waals surface area contributed by atoms with E-state index < -0.39 is 17.8 Å². The van der Waals surface area contributed by atoms with Gasteiger partial charge in [-0.25, -0.2) is 4.39 Å². The topological polar surface area (TPSA) is 73.6 Å². The minimum Gasteiger partial charge on any atom is -0.508 e. The number of anilines is 1. The van der Waals surface area contributed by atoms with Gasteiger partial charge >= 0.3 is 0 Å². The van der Waals surface area contributed by atoms with Gasteiger partial charge in [-0.15, -0.1) is 0 Å². The lowest BCUT2D eigenvalue weighted by atomic mass is 10.0. The van der Waals surface area contributed by atoms with E-state index in [1.54, 1.807) is 0 Å². The zero-order chi connectivity index (χ0) is 15.9. The Hall–Kier alpha value is -3.07. The Bertz CT molecular complexity index is 796. The molecular weight excluding hydrogens is 287 g/mol. The molecule has 0 aromatic heterocycles.